The number of nitrogens with one attached hydrogen (secondary N) is 3. The van der Waals surface area contributed by atoms with Crippen molar-refractivity contribution < 1.29 is 19.0 Å². The van der Waals surface area contributed by atoms with Crippen molar-refractivity contribution in [3.63, 3.8) is 0 Å². The first-order valence-corrected chi connectivity index (χ1v) is 9.40. The fourth-order valence-electron chi connectivity index (χ4n) is 2.98. The lowest BCUT2D eigenvalue weighted by Crippen LogP contribution is -3.28. The molecule has 1 aliphatic rings. The topological polar surface area (TPSA) is 63.8 Å². The molecule has 0 bridgehead atoms. The van der Waals surface area contributed by atoms with Gasteiger partial charge in [-0.05, 0) is 25.1 Å². The number of piperazine rings is 1. The highest BCUT2D eigenvalue weighted by molar-refractivity contribution is 7.15. The monoisotopic (exact) mass is 385 g/mol. The van der Waals surface area contributed by atoms with E-state index in [-0.39, 0.29) is 11.7 Å². The molecule has 2 aromatic rings. The quantitative estimate of drug-likeness (QED) is 0.654. The summed E-state index contributed by atoms with van der Waals surface area (Å²) in [5.74, 6) is -0.342. The van der Waals surface area contributed by atoms with E-state index in [1.54, 1.807) is 6.07 Å². The number of halogens is 2. The Morgan fingerprint density at radius 2 is 2.00 bits per heavy atom. The van der Waals surface area contributed by atoms with Gasteiger partial charge in [-0.2, -0.15) is 0 Å². The van der Waals surface area contributed by atoms with Gasteiger partial charge in [-0.15, -0.1) is 10.2 Å². The Balaban J connectivity index is 1.44. The van der Waals surface area contributed by atoms with Gasteiger partial charge in [0, 0.05) is 5.56 Å². The Labute approximate surface area is 154 Å². The maximum atomic E-state index is 13.1. The Bertz CT molecular complexity index is 748. The van der Waals surface area contributed by atoms with Crippen molar-refractivity contribution in [2.75, 3.05) is 38.0 Å². The number of aryl methyl sites for hydroxylation is 1. The molecular formula is C16H21ClFN5OS+2. The van der Waals surface area contributed by atoms with Gasteiger partial charge >= 0.3 is 0 Å². The van der Waals surface area contributed by atoms with Crippen molar-refractivity contribution >= 4 is 34.0 Å². The molecule has 3 rings (SSSR count). The van der Waals surface area contributed by atoms with Crippen LogP contribution in [0.15, 0.2) is 18.2 Å². The lowest BCUT2D eigenvalue weighted by atomic mass is 10.2. The van der Waals surface area contributed by atoms with Crippen LogP contribution < -0.4 is 15.1 Å². The van der Waals surface area contributed by atoms with E-state index in [1.165, 1.54) is 33.3 Å². The predicted octanol–water partition coefficient (Wildman–Crippen LogP) is -0.439. The SMILES string of the molecule is Cc1nnc(NC(=O)C[NH+]2CC[NH+](Cc3ccc(F)cc3Cl)CC2)s1. The van der Waals surface area contributed by atoms with Gasteiger partial charge in [0.25, 0.3) is 5.91 Å². The Morgan fingerprint density at radius 1 is 1.28 bits per heavy atom. The maximum absolute atomic E-state index is 13.1. The minimum Gasteiger partial charge on any atom is -0.322 e. The smallest absolute Gasteiger partial charge is 0.281 e. The van der Waals surface area contributed by atoms with Crippen molar-refractivity contribution in [2.24, 2.45) is 0 Å². The van der Waals surface area contributed by atoms with Crippen LogP contribution in [-0.2, 0) is 11.3 Å². The number of anilines is 1. The molecule has 0 spiro atoms. The van der Waals surface area contributed by atoms with Gasteiger partial charge in [0.15, 0.2) is 6.54 Å². The summed E-state index contributed by atoms with van der Waals surface area (Å²) in [6.07, 6.45) is 0. The minimum atomic E-state index is -0.311. The third-order valence-corrected chi connectivity index (χ3v) is 5.41. The van der Waals surface area contributed by atoms with Gasteiger partial charge in [0.05, 0.1) is 5.02 Å². The summed E-state index contributed by atoms with van der Waals surface area (Å²) in [5, 5.41) is 12.5. The first kappa shape index (κ1) is 18.2. The van der Waals surface area contributed by atoms with Crippen LogP contribution in [-0.4, -0.2) is 48.8 Å². The van der Waals surface area contributed by atoms with Crippen molar-refractivity contribution in [3.8, 4) is 0 Å². The molecule has 3 N–H and O–H groups in total. The van der Waals surface area contributed by atoms with E-state index in [2.05, 4.69) is 15.5 Å². The Kier molecular flexibility index (Phi) is 5.95. The van der Waals surface area contributed by atoms with Gasteiger partial charge in [-0.25, -0.2) is 4.39 Å². The molecule has 1 amide bonds. The zero-order chi connectivity index (χ0) is 17.8. The summed E-state index contributed by atoms with van der Waals surface area (Å²) < 4.78 is 13.1. The summed E-state index contributed by atoms with van der Waals surface area (Å²) in [6.45, 7) is 6.80. The second-order valence-electron chi connectivity index (χ2n) is 6.26. The van der Waals surface area contributed by atoms with Crippen LogP contribution in [0.5, 0.6) is 0 Å². The second-order valence-corrected chi connectivity index (χ2v) is 7.85. The van der Waals surface area contributed by atoms with Crippen LogP contribution in [0.1, 0.15) is 10.6 Å². The highest BCUT2D eigenvalue weighted by atomic mass is 35.5. The molecule has 0 unspecified atom stereocenters. The normalized spacial score (nSPS) is 20.4. The van der Waals surface area contributed by atoms with Crippen molar-refractivity contribution in [1.82, 2.24) is 10.2 Å². The number of amides is 1. The molecule has 1 saturated heterocycles. The summed E-state index contributed by atoms with van der Waals surface area (Å²) in [7, 11) is 0. The molecule has 0 aliphatic carbocycles. The molecule has 134 valence electrons. The summed E-state index contributed by atoms with van der Waals surface area (Å²) in [5.41, 5.74) is 0.964. The van der Waals surface area contributed by atoms with E-state index in [9.17, 15) is 9.18 Å². The highest BCUT2D eigenvalue weighted by Crippen LogP contribution is 2.16. The molecule has 1 aromatic carbocycles. The first-order valence-electron chi connectivity index (χ1n) is 8.20. The number of benzene rings is 1. The van der Waals surface area contributed by atoms with Crippen LogP contribution in [0.2, 0.25) is 5.02 Å². The van der Waals surface area contributed by atoms with E-state index in [1.807, 2.05) is 6.92 Å². The van der Waals surface area contributed by atoms with Gasteiger partial charge in [-0.3, -0.25) is 10.1 Å². The molecule has 6 nitrogen and oxygen atoms in total. The maximum Gasteiger partial charge on any atom is 0.281 e. The zero-order valence-electron chi connectivity index (χ0n) is 13.9. The van der Waals surface area contributed by atoms with E-state index >= 15 is 0 Å². The molecule has 1 fully saturated rings. The van der Waals surface area contributed by atoms with Crippen LogP contribution in [0.4, 0.5) is 9.52 Å². The molecular weight excluding hydrogens is 365 g/mol. The van der Waals surface area contributed by atoms with Gasteiger partial charge in [0.2, 0.25) is 5.13 Å². The first-order chi connectivity index (χ1) is 12.0. The highest BCUT2D eigenvalue weighted by Gasteiger charge is 2.25. The second kappa shape index (κ2) is 8.18. The standard InChI is InChI=1S/C16H19ClFN5OS/c1-11-20-21-16(25-11)19-15(24)10-23-6-4-22(5-7-23)9-12-2-3-13(18)8-14(12)17/h2-3,8H,4-7,9-10H2,1H3,(H,19,21,24)/p+2. The number of hydrogen-bond acceptors (Lipinski definition) is 4. The predicted molar refractivity (Wildman–Crippen MR) is 94.7 cm³/mol. The van der Waals surface area contributed by atoms with Crippen LogP contribution >= 0.6 is 22.9 Å². The molecule has 9 heteroatoms. The number of carbonyl (C=O) groups is 1. The van der Waals surface area contributed by atoms with Crippen LogP contribution in [0.3, 0.4) is 0 Å². The summed E-state index contributed by atoms with van der Waals surface area (Å²) in [6, 6.07) is 4.56. The molecule has 1 aromatic heterocycles. The van der Waals surface area contributed by atoms with Gasteiger partial charge in [0.1, 0.15) is 43.5 Å². The van der Waals surface area contributed by atoms with E-state index in [4.69, 9.17) is 11.6 Å². The molecule has 0 radical (unpaired) electrons. The zero-order valence-corrected chi connectivity index (χ0v) is 15.5. The summed E-state index contributed by atoms with van der Waals surface area (Å²) in [4.78, 5) is 14.7. The van der Waals surface area contributed by atoms with Crippen molar-refractivity contribution in [1.29, 1.82) is 0 Å². The number of nitrogens with zero attached hydrogens (tertiary/aromatic N) is 2. The average Bonchev–Trinajstić information content (AvgIpc) is 2.96. The molecule has 2 heterocycles. The fourth-order valence-corrected chi connectivity index (χ4v) is 3.82. The van der Waals surface area contributed by atoms with Crippen LogP contribution in [0.25, 0.3) is 0 Å². The van der Waals surface area contributed by atoms with Gasteiger partial charge in [-0.1, -0.05) is 22.9 Å². The molecule has 0 saturated carbocycles. The van der Waals surface area contributed by atoms with E-state index in [0.29, 0.717) is 16.7 Å². The third-order valence-electron chi connectivity index (χ3n) is 4.30. The van der Waals surface area contributed by atoms with Crippen LogP contribution in [0, 0.1) is 12.7 Å². The molecule has 1 aliphatic heterocycles. The van der Waals surface area contributed by atoms with Crippen molar-refractivity contribution in [2.45, 2.75) is 13.5 Å². The number of carbonyl (C=O) groups excluding carboxylic acids is 1. The average molecular weight is 386 g/mol. The Morgan fingerprint density at radius 3 is 2.64 bits per heavy atom. The fraction of sp³-hybridized carbons (Fsp3) is 0.438. The largest absolute Gasteiger partial charge is 0.322 e. The lowest BCUT2D eigenvalue weighted by molar-refractivity contribution is -1.02. The molecule has 0 atom stereocenters. The summed E-state index contributed by atoms with van der Waals surface area (Å²) >= 11 is 7.48. The number of quaternary nitrogens is 2. The third kappa shape index (κ3) is 5.18. The van der Waals surface area contributed by atoms with E-state index < -0.39 is 0 Å². The van der Waals surface area contributed by atoms with E-state index in [0.717, 1.165) is 43.3 Å². The lowest BCUT2D eigenvalue weighted by Gasteiger charge is -2.29. The van der Waals surface area contributed by atoms with Gasteiger partial charge < -0.3 is 9.80 Å². The molecule has 25 heavy (non-hydrogen) atoms. The van der Waals surface area contributed by atoms with Crippen molar-refractivity contribution in [3.05, 3.63) is 39.6 Å². The number of rotatable bonds is 5. The minimum absolute atomic E-state index is 0.0313. The number of aromatic nitrogens is 2. The number of hydrogen-bond donors (Lipinski definition) is 3. The Hall–Kier alpha value is -1.61.